The quantitative estimate of drug-likeness (QED) is 0.465. The number of hydrogen-bond donors (Lipinski definition) is 2. The highest BCUT2D eigenvalue weighted by Crippen LogP contribution is 2.32. The van der Waals surface area contributed by atoms with E-state index in [-0.39, 0.29) is 29.3 Å². The molecule has 0 atom stereocenters. The van der Waals surface area contributed by atoms with Gasteiger partial charge < -0.3 is 5.32 Å². The highest BCUT2D eigenvalue weighted by Gasteiger charge is 2.27. The zero-order chi connectivity index (χ0) is 18.4. The minimum atomic E-state index is -0.486. The van der Waals surface area contributed by atoms with E-state index >= 15 is 0 Å². The third kappa shape index (κ3) is 5.83. The van der Waals surface area contributed by atoms with E-state index in [4.69, 9.17) is 0 Å². The maximum atomic E-state index is 11.8. The fourth-order valence-corrected chi connectivity index (χ4v) is 2.55. The average Bonchev–Trinajstić information content (AvgIpc) is 2.51. The fraction of sp³-hybridized carbons (Fsp3) is 0.353. The van der Waals surface area contributed by atoms with Crippen molar-refractivity contribution in [2.75, 3.05) is 6.54 Å². The molecule has 0 fully saturated rings. The number of nitrogens with one attached hydrogen (secondary N) is 2. The minimum absolute atomic E-state index is 0.00674. The van der Waals surface area contributed by atoms with Crippen LogP contribution in [0.3, 0.4) is 0 Å². The van der Waals surface area contributed by atoms with Crippen molar-refractivity contribution in [1.82, 2.24) is 10.7 Å². The van der Waals surface area contributed by atoms with Crippen molar-refractivity contribution in [2.45, 2.75) is 26.7 Å². The molecule has 0 unspecified atom stereocenters. The van der Waals surface area contributed by atoms with Crippen LogP contribution in [-0.2, 0) is 9.59 Å². The summed E-state index contributed by atoms with van der Waals surface area (Å²) in [5.41, 5.74) is 3.61. The summed E-state index contributed by atoms with van der Waals surface area (Å²) in [5, 5.41) is 17.3. The summed E-state index contributed by atoms with van der Waals surface area (Å²) in [7, 11) is 0. The minimum Gasteiger partial charge on any atom is -0.379 e. The van der Waals surface area contributed by atoms with E-state index in [9.17, 15) is 19.7 Å². The lowest BCUT2D eigenvalue weighted by Crippen LogP contribution is -2.34. The number of rotatable bonds is 6. The van der Waals surface area contributed by atoms with Gasteiger partial charge >= 0.3 is 0 Å². The van der Waals surface area contributed by atoms with E-state index in [1.165, 1.54) is 30.5 Å². The number of hydrogen-bond acceptors (Lipinski definition) is 6. The third-order valence-corrected chi connectivity index (χ3v) is 3.64. The van der Waals surface area contributed by atoms with Gasteiger partial charge in [0.1, 0.15) is 0 Å². The average molecular weight is 344 g/mol. The van der Waals surface area contributed by atoms with E-state index in [1.807, 2.05) is 13.8 Å². The normalized spacial score (nSPS) is 16.4. The summed E-state index contributed by atoms with van der Waals surface area (Å²) in [4.78, 5) is 33.5. The molecule has 8 nitrogen and oxygen atoms in total. The summed E-state index contributed by atoms with van der Waals surface area (Å²) in [6.07, 6.45) is 4.15. The van der Waals surface area contributed by atoms with Crippen LogP contribution in [0.15, 0.2) is 41.1 Å². The van der Waals surface area contributed by atoms with Crippen LogP contribution in [0.4, 0.5) is 5.69 Å². The summed E-state index contributed by atoms with van der Waals surface area (Å²) in [6, 6.07) is 5.79. The third-order valence-electron chi connectivity index (χ3n) is 3.64. The van der Waals surface area contributed by atoms with Gasteiger partial charge in [-0.15, -0.1) is 0 Å². The van der Waals surface area contributed by atoms with E-state index in [1.54, 1.807) is 6.08 Å². The Kier molecular flexibility index (Phi) is 5.63. The Bertz CT molecular complexity index is 736. The Morgan fingerprint density at radius 1 is 1.32 bits per heavy atom. The number of nitrogens with zero attached hydrogens (tertiary/aromatic N) is 2. The molecule has 2 rings (SSSR count). The number of carbonyl (C=O) groups excluding carboxylic acids is 2. The number of carbonyl (C=O) groups is 2. The lowest BCUT2D eigenvalue weighted by Gasteiger charge is -2.29. The standard InChI is InChI=1S/C17H20N4O4/c1-17(2)8-13(7-15(22)9-17)18-11-16(23)20-19-10-12-3-5-14(6-4-12)21(24)25/h3-7,10,18H,8-9,11H2,1-2H3,(H,20,23)/b19-10-. The van der Waals surface area contributed by atoms with Crippen LogP contribution in [0.1, 0.15) is 32.3 Å². The number of benzene rings is 1. The molecule has 25 heavy (non-hydrogen) atoms. The van der Waals surface area contributed by atoms with Gasteiger partial charge in [0.2, 0.25) is 0 Å². The lowest BCUT2D eigenvalue weighted by atomic mass is 9.79. The van der Waals surface area contributed by atoms with Gasteiger partial charge in [0.25, 0.3) is 11.6 Å². The van der Waals surface area contributed by atoms with E-state index in [2.05, 4.69) is 15.8 Å². The van der Waals surface area contributed by atoms with Gasteiger partial charge in [0, 0.05) is 30.3 Å². The van der Waals surface area contributed by atoms with Crippen LogP contribution in [0.2, 0.25) is 0 Å². The van der Waals surface area contributed by atoms with Gasteiger partial charge in [-0.05, 0) is 29.5 Å². The largest absolute Gasteiger partial charge is 0.379 e. The van der Waals surface area contributed by atoms with Crippen LogP contribution in [-0.4, -0.2) is 29.4 Å². The summed E-state index contributed by atoms with van der Waals surface area (Å²) < 4.78 is 0. The van der Waals surface area contributed by atoms with E-state index < -0.39 is 4.92 Å². The zero-order valence-corrected chi connectivity index (χ0v) is 14.1. The highest BCUT2D eigenvalue weighted by atomic mass is 16.6. The summed E-state index contributed by atoms with van der Waals surface area (Å²) >= 11 is 0. The Hall–Kier alpha value is -3.03. The topological polar surface area (TPSA) is 114 Å². The van der Waals surface area contributed by atoms with Gasteiger partial charge in [-0.25, -0.2) is 5.43 Å². The first-order valence-corrected chi connectivity index (χ1v) is 7.79. The molecule has 8 heteroatoms. The maximum absolute atomic E-state index is 11.8. The van der Waals surface area contributed by atoms with Gasteiger partial charge in [0.05, 0.1) is 17.7 Å². The van der Waals surface area contributed by atoms with Crippen molar-refractivity contribution in [2.24, 2.45) is 10.5 Å². The molecule has 132 valence electrons. The number of amides is 1. The first kappa shape index (κ1) is 18.3. The first-order valence-electron chi connectivity index (χ1n) is 7.79. The molecule has 0 aliphatic heterocycles. The fourth-order valence-electron chi connectivity index (χ4n) is 2.55. The highest BCUT2D eigenvalue weighted by molar-refractivity contribution is 5.92. The number of ketones is 1. The molecular weight excluding hydrogens is 324 g/mol. The molecule has 0 radical (unpaired) electrons. The molecule has 1 aliphatic rings. The zero-order valence-electron chi connectivity index (χ0n) is 14.1. The smallest absolute Gasteiger partial charge is 0.269 e. The van der Waals surface area contributed by atoms with Crippen LogP contribution in [0.25, 0.3) is 0 Å². The number of non-ortho nitro benzene ring substituents is 1. The Morgan fingerprint density at radius 3 is 2.60 bits per heavy atom. The van der Waals surface area contributed by atoms with Crippen molar-refractivity contribution < 1.29 is 14.5 Å². The van der Waals surface area contributed by atoms with E-state index in [0.717, 1.165) is 5.70 Å². The molecule has 1 aromatic carbocycles. The Labute approximate surface area is 145 Å². The predicted molar refractivity (Wildman–Crippen MR) is 92.9 cm³/mol. The number of hydrazone groups is 1. The van der Waals surface area contributed by atoms with Gasteiger partial charge in [0.15, 0.2) is 5.78 Å². The molecule has 0 aromatic heterocycles. The molecule has 0 bridgehead atoms. The molecule has 0 heterocycles. The SMILES string of the molecule is CC1(C)CC(=O)C=C(NCC(=O)N/N=C\c2ccc([N+](=O)[O-])cc2)C1. The molecule has 1 aliphatic carbocycles. The van der Waals surface area contributed by atoms with Crippen LogP contribution in [0.5, 0.6) is 0 Å². The summed E-state index contributed by atoms with van der Waals surface area (Å²) in [5.74, 6) is -0.301. The molecular formula is C17H20N4O4. The van der Waals surface area contributed by atoms with Crippen LogP contribution in [0, 0.1) is 15.5 Å². The lowest BCUT2D eigenvalue weighted by molar-refractivity contribution is -0.384. The van der Waals surface area contributed by atoms with Gasteiger partial charge in [-0.1, -0.05) is 13.8 Å². The molecule has 2 N–H and O–H groups in total. The predicted octanol–water partition coefficient (Wildman–Crippen LogP) is 1.91. The van der Waals surface area contributed by atoms with Crippen molar-refractivity contribution in [3.63, 3.8) is 0 Å². The number of allylic oxidation sites excluding steroid dienone is 2. The Morgan fingerprint density at radius 2 is 2.00 bits per heavy atom. The second-order valence-electron chi connectivity index (χ2n) is 6.65. The van der Waals surface area contributed by atoms with Crippen LogP contribution >= 0.6 is 0 Å². The van der Waals surface area contributed by atoms with Crippen molar-refractivity contribution in [3.05, 3.63) is 51.7 Å². The van der Waals surface area contributed by atoms with Crippen molar-refractivity contribution >= 4 is 23.6 Å². The van der Waals surface area contributed by atoms with Crippen molar-refractivity contribution in [3.8, 4) is 0 Å². The maximum Gasteiger partial charge on any atom is 0.269 e. The van der Waals surface area contributed by atoms with Crippen LogP contribution < -0.4 is 10.7 Å². The Balaban J connectivity index is 1.80. The molecule has 0 saturated carbocycles. The molecule has 0 spiro atoms. The molecule has 1 amide bonds. The summed E-state index contributed by atoms with van der Waals surface area (Å²) in [6.45, 7) is 4.02. The molecule has 1 aromatic rings. The van der Waals surface area contributed by atoms with Gasteiger partial charge in [-0.3, -0.25) is 19.7 Å². The van der Waals surface area contributed by atoms with Gasteiger partial charge in [-0.2, -0.15) is 5.10 Å². The van der Waals surface area contributed by atoms with E-state index in [0.29, 0.717) is 18.4 Å². The number of nitro benzene ring substituents is 1. The monoisotopic (exact) mass is 344 g/mol. The molecule has 0 saturated heterocycles. The second-order valence-corrected chi connectivity index (χ2v) is 6.65. The van der Waals surface area contributed by atoms with Crippen molar-refractivity contribution in [1.29, 1.82) is 0 Å². The second kappa shape index (κ2) is 7.69. The first-order chi connectivity index (χ1) is 11.7. The number of nitro groups is 1.